The first-order valence-corrected chi connectivity index (χ1v) is 11.4. The number of pyridine rings is 1. The standard InChI is InChI=1S/C27H23F2N3O2/c28-24-14-19(18-3-2-9-33-15-18)13-23-21(24)11-17-6-5-16(20-4-1-8-31-25(20)29)12-22(17)27(23)7-10-34-26(30)32-27/h1,3-6,8,12-14H,2,7,9-11,15H2,(H2,30,32). The van der Waals surface area contributed by atoms with Gasteiger partial charge in [0.25, 0.3) is 6.02 Å². The molecule has 0 amide bonds. The van der Waals surface area contributed by atoms with Crippen LogP contribution in [0.1, 0.15) is 40.7 Å². The Bertz CT molecular complexity index is 1370. The highest BCUT2D eigenvalue weighted by atomic mass is 19.1. The number of aliphatic imine (C=N–C) groups is 1. The van der Waals surface area contributed by atoms with Gasteiger partial charge in [-0.3, -0.25) is 0 Å². The minimum atomic E-state index is -0.924. The van der Waals surface area contributed by atoms with E-state index in [2.05, 4.69) is 11.1 Å². The minimum absolute atomic E-state index is 0.0639. The first kappa shape index (κ1) is 21.0. The van der Waals surface area contributed by atoms with Gasteiger partial charge in [0.15, 0.2) is 0 Å². The number of rotatable bonds is 2. The Kier molecular flexibility index (Phi) is 4.95. The highest BCUT2D eigenvalue weighted by Crippen LogP contribution is 2.49. The van der Waals surface area contributed by atoms with E-state index in [9.17, 15) is 4.39 Å². The molecule has 1 aliphatic carbocycles. The average molecular weight is 459 g/mol. The zero-order valence-corrected chi connectivity index (χ0v) is 18.5. The van der Waals surface area contributed by atoms with Crippen molar-refractivity contribution in [2.75, 3.05) is 19.8 Å². The van der Waals surface area contributed by atoms with Crippen molar-refractivity contribution in [3.63, 3.8) is 0 Å². The van der Waals surface area contributed by atoms with Crippen LogP contribution in [-0.2, 0) is 21.4 Å². The average Bonchev–Trinajstić information content (AvgIpc) is 2.86. The van der Waals surface area contributed by atoms with Gasteiger partial charge in [0.05, 0.1) is 19.8 Å². The van der Waals surface area contributed by atoms with Gasteiger partial charge in [0, 0.05) is 24.6 Å². The molecule has 0 bridgehead atoms. The maximum Gasteiger partial charge on any atom is 0.283 e. The number of nitrogens with two attached hydrogens (primary N) is 1. The molecule has 2 aromatic carbocycles. The van der Waals surface area contributed by atoms with Crippen molar-refractivity contribution in [1.82, 2.24) is 4.98 Å². The smallest absolute Gasteiger partial charge is 0.283 e. The lowest BCUT2D eigenvalue weighted by molar-refractivity contribution is 0.164. The zero-order chi connectivity index (χ0) is 23.3. The highest BCUT2D eigenvalue weighted by molar-refractivity contribution is 5.76. The van der Waals surface area contributed by atoms with Gasteiger partial charge in [-0.05, 0) is 75.7 Å². The van der Waals surface area contributed by atoms with Crippen LogP contribution in [0.25, 0.3) is 16.7 Å². The van der Waals surface area contributed by atoms with Crippen LogP contribution >= 0.6 is 0 Å². The first-order valence-electron chi connectivity index (χ1n) is 11.4. The summed E-state index contributed by atoms with van der Waals surface area (Å²) < 4.78 is 41.2. The van der Waals surface area contributed by atoms with Crippen LogP contribution in [0.3, 0.4) is 0 Å². The van der Waals surface area contributed by atoms with Gasteiger partial charge in [-0.15, -0.1) is 0 Å². The van der Waals surface area contributed by atoms with E-state index in [-0.39, 0.29) is 11.8 Å². The molecule has 0 saturated heterocycles. The molecule has 2 N–H and O–H groups in total. The SMILES string of the molecule is NC1=NC2(CCO1)c1cc(-c3cccnc3F)ccc1Cc1c(F)cc(C3=CCCOC3)cc12. The number of aromatic nitrogens is 1. The topological polar surface area (TPSA) is 69.7 Å². The van der Waals surface area contributed by atoms with Crippen LogP contribution < -0.4 is 5.73 Å². The molecule has 1 spiro atoms. The summed E-state index contributed by atoms with van der Waals surface area (Å²) in [4.78, 5) is 8.58. The fraction of sp³-hybridized carbons (Fsp3) is 0.259. The predicted molar refractivity (Wildman–Crippen MR) is 125 cm³/mol. The summed E-state index contributed by atoms with van der Waals surface area (Å²) in [6.07, 6.45) is 5.22. The van der Waals surface area contributed by atoms with Crippen LogP contribution in [0.2, 0.25) is 0 Å². The Morgan fingerprint density at radius 1 is 1.00 bits per heavy atom. The normalized spacial score (nSPS) is 21.2. The van der Waals surface area contributed by atoms with E-state index in [4.69, 9.17) is 20.2 Å². The lowest BCUT2D eigenvalue weighted by Crippen LogP contribution is -2.40. The van der Waals surface area contributed by atoms with Crippen LogP contribution in [-0.4, -0.2) is 30.8 Å². The molecule has 1 atom stereocenters. The number of hydrogen-bond donors (Lipinski definition) is 1. The van der Waals surface area contributed by atoms with Crippen LogP contribution in [0.4, 0.5) is 8.78 Å². The lowest BCUT2D eigenvalue weighted by atomic mass is 9.69. The van der Waals surface area contributed by atoms with Crippen molar-refractivity contribution < 1.29 is 18.3 Å². The van der Waals surface area contributed by atoms with Crippen molar-refractivity contribution in [3.8, 4) is 11.1 Å². The fourth-order valence-electron chi connectivity index (χ4n) is 5.32. The van der Waals surface area contributed by atoms with Crippen LogP contribution in [0.5, 0.6) is 0 Å². The largest absolute Gasteiger partial charge is 0.465 e. The highest BCUT2D eigenvalue weighted by Gasteiger charge is 2.44. The van der Waals surface area contributed by atoms with Crippen LogP contribution in [0.15, 0.2) is 59.7 Å². The molecule has 0 fully saturated rings. The van der Waals surface area contributed by atoms with Crippen molar-refractivity contribution in [2.24, 2.45) is 10.7 Å². The first-order chi connectivity index (χ1) is 16.5. The van der Waals surface area contributed by atoms with Gasteiger partial charge >= 0.3 is 0 Å². The number of benzene rings is 2. The quantitative estimate of drug-likeness (QED) is 0.564. The number of amidine groups is 1. The second-order valence-electron chi connectivity index (χ2n) is 8.85. The van der Waals surface area contributed by atoms with Crippen molar-refractivity contribution in [3.05, 3.63) is 94.3 Å². The number of hydrogen-bond acceptors (Lipinski definition) is 5. The van der Waals surface area contributed by atoms with Gasteiger partial charge in [0.1, 0.15) is 11.4 Å². The second kappa shape index (κ2) is 8.02. The Balaban J connectivity index is 1.59. The zero-order valence-electron chi connectivity index (χ0n) is 18.5. The molecule has 2 aliphatic heterocycles. The second-order valence-corrected chi connectivity index (χ2v) is 8.85. The molecule has 34 heavy (non-hydrogen) atoms. The summed E-state index contributed by atoms with van der Waals surface area (Å²) in [7, 11) is 0. The minimum Gasteiger partial charge on any atom is -0.465 e. The van der Waals surface area contributed by atoms with E-state index in [0.717, 1.165) is 34.2 Å². The maximum atomic E-state index is 15.6. The molecular formula is C27H23F2N3O2. The van der Waals surface area contributed by atoms with Gasteiger partial charge in [-0.25, -0.2) is 14.4 Å². The number of ether oxygens (including phenoxy) is 2. The van der Waals surface area contributed by atoms with Gasteiger partial charge in [0.2, 0.25) is 5.95 Å². The molecule has 1 unspecified atom stereocenters. The Labute approximate surface area is 196 Å². The van der Waals surface area contributed by atoms with E-state index in [1.807, 2.05) is 24.3 Å². The van der Waals surface area contributed by atoms with Gasteiger partial charge in [-0.1, -0.05) is 18.2 Å². The molecule has 3 aliphatic rings. The fourth-order valence-corrected chi connectivity index (χ4v) is 5.32. The third-order valence-corrected chi connectivity index (χ3v) is 6.93. The summed E-state index contributed by atoms with van der Waals surface area (Å²) in [5, 5.41) is 0. The predicted octanol–water partition coefficient (Wildman–Crippen LogP) is 4.71. The summed E-state index contributed by atoms with van der Waals surface area (Å²) >= 11 is 0. The molecule has 5 nitrogen and oxygen atoms in total. The van der Waals surface area contributed by atoms with Crippen molar-refractivity contribution >= 4 is 11.6 Å². The van der Waals surface area contributed by atoms with E-state index in [0.29, 0.717) is 49.4 Å². The summed E-state index contributed by atoms with van der Waals surface area (Å²) in [5.41, 5.74) is 11.2. The molecule has 7 heteroatoms. The molecule has 0 saturated carbocycles. The Morgan fingerprint density at radius 2 is 1.88 bits per heavy atom. The van der Waals surface area contributed by atoms with E-state index < -0.39 is 11.5 Å². The molecule has 3 aromatic rings. The lowest BCUT2D eigenvalue weighted by Gasteiger charge is -2.40. The Hall–Kier alpha value is -3.58. The third-order valence-electron chi connectivity index (χ3n) is 6.93. The van der Waals surface area contributed by atoms with Crippen LogP contribution in [0, 0.1) is 11.8 Å². The van der Waals surface area contributed by atoms with Crippen molar-refractivity contribution in [1.29, 1.82) is 0 Å². The summed E-state index contributed by atoms with van der Waals surface area (Å²) in [5.74, 6) is -0.813. The van der Waals surface area contributed by atoms with Gasteiger partial charge < -0.3 is 15.2 Å². The molecule has 6 rings (SSSR count). The summed E-state index contributed by atoms with van der Waals surface area (Å²) in [6, 6.07) is 12.8. The van der Waals surface area contributed by atoms with Gasteiger partial charge in [-0.2, -0.15) is 4.39 Å². The molecule has 0 radical (unpaired) electrons. The molecule has 1 aromatic heterocycles. The molecule has 172 valence electrons. The third kappa shape index (κ3) is 3.30. The number of nitrogens with zero attached hydrogens (tertiary/aromatic N) is 2. The Morgan fingerprint density at radius 3 is 2.68 bits per heavy atom. The monoisotopic (exact) mass is 459 g/mol. The summed E-state index contributed by atoms with van der Waals surface area (Å²) in [6.45, 7) is 1.46. The van der Waals surface area contributed by atoms with E-state index in [1.165, 1.54) is 6.20 Å². The maximum absolute atomic E-state index is 15.6. The molecular weight excluding hydrogens is 436 g/mol. The van der Waals surface area contributed by atoms with E-state index in [1.54, 1.807) is 18.2 Å². The molecule has 3 heterocycles. The van der Waals surface area contributed by atoms with Crippen molar-refractivity contribution in [2.45, 2.75) is 24.8 Å². The van der Waals surface area contributed by atoms with E-state index >= 15 is 4.39 Å². The number of fused-ring (bicyclic) bond motifs is 4. The number of halogens is 2.